The molecule has 2 aromatic carbocycles. The maximum absolute atomic E-state index is 13.7. The highest BCUT2D eigenvalue weighted by Gasteiger charge is 2.32. The Bertz CT molecular complexity index is 1230. The number of ether oxygens (including phenoxy) is 2. The molecule has 2 aromatic rings. The largest absolute Gasteiger partial charge is 0.454 e. The third kappa shape index (κ3) is 6.31. The van der Waals surface area contributed by atoms with E-state index in [9.17, 15) is 18.0 Å². The molecular weight excluding hydrogens is 550 g/mol. The molecule has 9 nitrogen and oxygen atoms in total. The van der Waals surface area contributed by atoms with Crippen LogP contribution in [-0.4, -0.2) is 56.8 Å². The van der Waals surface area contributed by atoms with Crippen molar-refractivity contribution in [3.8, 4) is 11.5 Å². The number of nitrogens with one attached hydrogen (secondary N) is 1. The lowest BCUT2D eigenvalue weighted by Gasteiger charge is -2.32. The number of halogens is 1. The van der Waals surface area contributed by atoms with Crippen LogP contribution in [0.25, 0.3) is 0 Å². The molecule has 0 radical (unpaired) electrons. The molecule has 194 valence electrons. The van der Waals surface area contributed by atoms with Gasteiger partial charge in [-0.3, -0.25) is 13.9 Å². The van der Waals surface area contributed by atoms with Gasteiger partial charge in [0.2, 0.25) is 28.6 Å². The van der Waals surface area contributed by atoms with Gasteiger partial charge in [0, 0.05) is 23.1 Å². The average Bonchev–Trinajstić information content (AvgIpc) is 3.51. The first-order valence-corrected chi connectivity index (χ1v) is 14.5. The number of carbonyl (C=O) groups is 2. The Balaban J connectivity index is 1.59. The van der Waals surface area contributed by atoms with Crippen LogP contribution in [0.4, 0.5) is 5.69 Å². The molecule has 11 heteroatoms. The molecule has 1 aliphatic heterocycles. The molecule has 0 aromatic heterocycles. The van der Waals surface area contributed by atoms with Gasteiger partial charge in [0.15, 0.2) is 11.5 Å². The van der Waals surface area contributed by atoms with Crippen molar-refractivity contribution in [2.75, 3.05) is 23.9 Å². The Hall–Kier alpha value is -2.79. The second kappa shape index (κ2) is 11.1. The van der Waals surface area contributed by atoms with Crippen molar-refractivity contribution in [2.24, 2.45) is 0 Å². The van der Waals surface area contributed by atoms with E-state index in [0.717, 1.165) is 46.3 Å². The quantitative estimate of drug-likeness (QED) is 0.488. The molecule has 2 aliphatic rings. The number of hydrogen-bond acceptors (Lipinski definition) is 6. The molecule has 36 heavy (non-hydrogen) atoms. The first-order chi connectivity index (χ1) is 17.1. The molecule has 1 N–H and O–H groups in total. The molecule has 0 spiro atoms. The van der Waals surface area contributed by atoms with Crippen LogP contribution < -0.4 is 19.1 Å². The topological polar surface area (TPSA) is 105 Å². The SMILES string of the molecule is CC(C(=O)NC1CCCC1)N(Cc1cccc(Br)c1)C(=O)CN(c1ccc2c(c1)OCO2)S(C)(=O)=O. The second-order valence-electron chi connectivity index (χ2n) is 9.12. The zero-order chi connectivity index (χ0) is 25.9. The number of nitrogens with zero attached hydrogens (tertiary/aromatic N) is 2. The minimum absolute atomic E-state index is 0.0463. The first-order valence-electron chi connectivity index (χ1n) is 11.8. The van der Waals surface area contributed by atoms with Crippen LogP contribution in [0.15, 0.2) is 46.9 Å². The molecule has 1 atom stereocenters. The van der Waals surface area contributed by atoms with E-state index in [-0.39, 0.29) is 31.0 Å². The monoisotopic (exact) mass is 579 g/mol. The highest BCUT2D eigenvalue weighted by atomic mass is 79.9. The van der Waals surface area contributed by atoms with E-state index in [2.05, 4.69) is 21.2 Å². The summed E-state index contributed by atoms with van der Waals surface area (Å²) < 4.78 is 38.0. The zero-order valence-electron chi connectivity index (χ0n) is 20.3. The highest BCUT2D eigenvalue weighted by molar-refractivity contribution is 9.10. The van der Waals surface area contributed by atoms with Crippen LogP contribution in [0, 0.1) is 0 Å². The standard InChI is InChI=1S/C25H30BrN3O6S/c1-17(25(31)27-20-8-3-4-9-20)28(14-18-6-5-7-19(26)12-18)24(30)15-29(36(2,32)33)21-10-11-22-23(13-21)35-16-34-22/h5-7,10-13,17,20H,3-4,8-9,14-16H2,1-2H3,(H,27,31). The molecule has 1 heterocycles. The lowest BCUT2D eigenvalue weighted by Crippen LogP contribution is -2.52. The normalized spacial score (nSPS) is 16.0. The Kier molecular flexibility index (Phi) is 8.09. The molecule has 4 rings (SSSR count). The zero-order valence-corrected chi connectivity index (χ0v) is 22.7. The van der Waals surface area contributed by atoms with E-state index in [1.54, 1.807) is 19.1 Å². The van der Waals surface area contributed by atoms with Gasteiger partial charge in [-0.25, -0.2) is 8.42 Å². The van der Waals surface area contributed by atoms with Gasteiger partial charge >= 0.3 is 0 Å². The summed E-state index contributed by atoms with van der Waals surface area (Å²) in [6.07, 6.45) is 5.02. The van der Waals surface area contributed by atoms with Gasteiger partial charge in [0.1, 0.15) is 12.6 Å². The summed E-state index contributed by atoms with van der Waals surface area (Å²) in [5, 5.41) is 3.05. The fourth-order valence-electron chi connectivity index (χ4n) is 4.46. The third-order valence-corrected chi connectivity index (χ3v) is 8.07. The summed E-state index contributed by atoms with van der Waals surface area (Å²) in [4.78, 5) is 28.2. The molecule has 0 bridgehead atoms. The number of sulfonamides is 1. The second-order valence-corrected chi connectivity index (χ2v) is 11.9. The van der Waals surface area contributed by atoms with Crippen LogP contribution in [0.3, 0.4) is 0 Å². The Morgan fingerprint density at radius 1 is 1.11 bits per heavy atom. The molecule has 1 unspecified atom stereocenters. The van der Waals surface area contributed by atoms with E-state index in [4.69, 9.17) is 9.47 Å². The molecule has 1 saturated carbocycles. The smallest absolute Gasteiger partial charge is 0.244 e. The van der Waals surface area contributed by atoms with Gasteiger partial charge in [-0.2, -0.15) is 0 Å². The maximum atomic E-state index is 13.7. The van der Waals surface area contributed by atoms with Crippen LogP contribution in [-0.2, 0) is 26.2 Å². The van der Waals surface area contributed by atoms with E-state index in [1.807, 2.05) is 24.3 Å². The van der Waals surface area contributed by atoms with Crippen molar-refractivity contribution in [2.45, 2.75) is 51.2 Å². The summed E-state index contributed by atoms with van der Waals surface area (Å²) >= 11 is 3.44. The Morgan fingerprint density at radius 2 is 1.83 bits per heavy atom. The van der Waals surface area contributed by atoms with Gasteiger partial charge < -0.3 is 19.7 Å². The first kappa shape index (κ1) is 26.3. The van der Waals surface area contributed by atoms with Gasteiger partial charge in [-0.15, -0.1) is 0 Å². The van der Waals surface area contributed by atoms with E-state index < -0.39 is 28.5 Å². The average molecular weight is 581 g/mol. The minimum Gasteiger partial charge on any atom is -0.454 e. The molecule has 2 amide bonds. The summed E-state index contributed by atoms with van der Waals surface area (Å²) in [5.74, 6) is 0.169. The van der Waals surface area contributed by atoms with Crippen molar-refractivity contribution < 1.29 is 27.5 Å². The van der Waals surface area contributed by atoms with Crippen LogP contribution >= 0.6 is 15.9 Å². The highest BCUT2D eigenvalue weighted by Crippen LogP contribution is 2.36. The number of anilines is 1. The predicted octanol–water partition coefficient (Wildman–Crippen LogP) is 3.42. The van der Waals surface area contributed by atoms with Crippen LogP contribution in [0.1, 0.15) is 38.2 Å². The number of hydrogen-bond donors (Lipinski definition) is 1. The Morgan fingerprint density at radius 3 is 2.53 bits per heavy atom. The fraction of sp³-hybridized carbons (Fsp3) is 0.440. The van der Waals surface area contributed by atoms with Gasteiger partial charge in [-0.05, 0) is 49.6 Å². The molecular formula is C25H30BrN3O6S. The van der Waals surface area contributed by atoms with E-state index in [1.165, 1.54) is 11.0 Å². The molecule has 1 fully saturated rings. The number of carbonyl (C=O) groups excluding carboxylic acids is 2. The van der Waals surface area contributed by atoms with Crippen molar-refractivity contribution in [1.29, 1.82) is 0 Å². The van der Waals surface area contributed by atoms with Crippen molar-refractivity contribution in [1.82, 2.24) is 10.2 Å². The minimum atomic E-state index is -3.83. The lowest BCUT2D eigenvalue weighted by molar-refractivity contribution is -0.139. The number of amides is 2. The number of fused-ring (bicyclic) bond motifs is 1. The van der Waals surface area contributed by atoms with E-state index >= 15 is 0 Å². The third-order valence-electron chi connectivity index (χ3n) is 6.43. The maximum Gasteiger partial charge on any atom is 0.244 e. The van der Waals surface area contributed by atoms with Crippen molar-refractivity contribution in [3.63, 3.8) is 0 Å². The van der Waals surface area contributed by atoms with Crippen molar-refractivity contribution in [3.05, 3.63) is 52.5 Å². The molecule has 0 saturated heterocycles. The molecule has 1 aliphatic carbocycles. The predicted molar refractivity (Wildman–Crippen MR) is 139 cm³/mol. The number of benzene rings is 2. The van der Waals surface area contributed by atoms with Crippen molar-refractivity contribution >= 4 is 43.5 Å². The number of rotatable bonds is 9. The summed E-state index contributed by atoms with van der Waals surface area (Å²) in [5.41, 5.74) is 1.09. The fourth-order valence-corrected chi connectivity index (χ4v) is 5.75. The summed E-state index contributed by atoms with van der Waals surface area (Å²) in [6.45, 7) is 1.40. The van der Waals surface area contributed by atoms with Gasteiger partial charge in [0.25, 0.3) is 0 Å². The summed E-state index contributed by atoms with van der Waals surface area (Å²) in [7, 11) is -3.83. The van der Waals surface area contributed by atoms with Gasteiger partial charge in [-0.1, -0.05) is 40.9 Å². The van der Waals surface area contributed by atoms with Crippen LogP contribution in [0.2, 0.25) is 0 Å². The lowest BCUT2D eigenvalue weighted by atomic mass is 10.1. The van der Waals surface area contributed by atoms with Crippen LogP contribution in [0.5, 0.6) is 11.5 Å². The van der Waals surface area contributed by atoms with Gasteiger partial charge in [0.05, 0.1) is 11.9 Å². The summed E-state index contributed by atoms with van der Waals surface area (Å²) in [6, 6.07) is 11.5. The van der Waals surface area contributed by atoms with E-state index in [0.29, 0.717) is 11.5 Å². The Labute approximate surface area is 219 Å².